The molecule has 0 N–H and O–H groups in total. The highest BCUT2D eigenvalue weighted by Gasteiger charge is 2.28. The van der Waals surface area contributed by atoms with Crippen LogP contribution in [0.2, 0.25) is 0 Å². The summed E-state index contributed by atoms with van der Waals surface area (Å²) in [5, 5.41) is 1.16. The molecule has 1 fully saturated rings. The van der Waals surface area contributed by atoms with Crippen molar-refractivity contribution >= 4 is 27.6 Å². The van der Waals surface area contributed by atoms with Gasteiger partial charge in [0.15, 0.2) is 0 Å². The highest BCUT2D eigenvalue weighted by Crippen LogP contribution is 2.45. The standard InChI is InChI=1S/C19H26N2OS/c1-5-22-11-8-16-15-12-17(23-18(15)21-13(2)20-16)14-6-9-19(3,4)10-7-14/h8,11-12,14H,5-7,9-10H2,1-4H3/b11-8+. The van der Waals surface area contributed by atoms with Crippen LogP contribution < -0.4 is 0 Å². The Morgan fingerprint density at radius 1 is 1.30 bits per heavy atom. The number of fused-ring (bicyclic) bond motifs is 1. The third-order valence-electron chi connectivity index (χ3n) is 4.78. The van der Waals surface area contributed by atoms with Gasteiger partial charge >= 0.3 is 0 Å². The molecule has 1 aliphatic rings. The van der Waals surface area contributed by atoms with E-state index >= 15 is 0 Å². The van der Waals surface area contributed by atoms with E-state index in [1.807, 2.05) is 31.3 Å². The lowest BCUT2D eigenvalue weighted by Crippen LogP contribution is -2.19. The molecule has 0 atom stereocenters. The molecule has 1 aliphatic carbocycles. The lowest BCUT2D eigenvalue weighted by atomic mass is 9.73. The Morgan fingerprint density at radius 3 is 2.74 bits per heavy atom. The van der Waals surface area contributed by atoms with Gasteiger partial charge in [-0.3, -0.25) is 0 Å². The second kappa shape index (κ2) is 6.60. The van der Waals surface area contributed by atoms with E-state index in [1.54, 1.807) is 6.26 Å². The first-order valence-corrected chi connectivity index (χ1v) is 9.36. The Balaban J connectivity index is 1.91. The summed E-state index contributed by atoms with van der Waals surface area (Å²) in [6.45, 7) is 9.40. The third kappa shape index (κ3) is 3.74. The molecule has 0 spiro atoms. The second-order valence-corrected chi connectivity index (χ2v) is 8.28. The number of ether oxygens (including phenoxy) is 1. The van der Waals surface area contributed by atoms with Gasteiger partial charge in [-0.05, 0) is 63.0 Å². The van der Waals surface area contributed by atoms with Crippen LogP contribution in [0.5, 0.6) is 0 Å². The van der Waals surface area contributed by atoms with Gasteiger partial charge in [0.05, 0.1) is 18.6 Å². The molecule has 23 heavy (non-hydrogen) atoms. The van der Waals surface area contributed by atoms with Gasteiger partial charge in [0.25, 0.3) is 0 Å². The minimum absolute atomic E-state index is 0.509. The van der Waals surface area contributed by atoms with E-state index < -0.39 is 0 Å². The Kier molecular flexibility index (Phi) is 4.72. The summed E-state index contributed by atoms with van der Waals surface area (Å²) >= 11 is 1.85. The van der Waals surface area contributed by atoms with Crippen molar-refractivity contribution in [3.05, 3.63) is 28.7 Å². The number of aryl methyl sites for hydroxylation is 1. The van der Waals surface area contributed by atoms with E-state index in [9.17, 15) is 0 Å². The summed E-state index contributed by atoms with van der Waals surface area (Å²) in [6, 6.07) is 2.31. The van der Waals surface area contributed by atoms with Crippen LogP contribution in [0.15, 0.2) is 12.3 Å². The van der Waals surface area contributed by atoms with Gasteiger partial charge in [-0.15, -0.1) is 11.3 Å². The van der Waals surface area contributed by atoms with E-state index in [4.69, 9.17) is 4.74 Å². The maximum absolute atomic E-state index is 5.33. The van der Waals surface area contributed by atoms with E-state index in [-0.39, 0.29) is 0 Å². The number of hydrogen-bond acceptors (Lipinski definition) is 4. The van der Waals surface area contributed by atoms with Crippen molar-refractivity contribution in [1.29, 1.82) is 0 Å². The van der Waals surface area contributed by atoms with Crippen LogP contribution in [0, 0.1) is 12.3 Å². The highest BCUT2D eigenvalue weighted by molar-refractivity contribution is 7.18. The van der Waals surface area contributed by atoms with Gasteiger partial charge in [0.2, 0.25) is 0 Å². The summed E-state index contributed by atoms with van der Waals surface area (Å²) in [5.41, 5.74) is 1.48. The number of aromatic nitrogens is 2. The summed E-state index contributed by atoms with van der Waals surface area (Å²) in [4.78, 5) is 11.8. The molecule has 3 nitrogen and oxygen atoms in total. The lowest BCUT2D eigenvalue weighted by molar-refractivity contribution is 0.226. The average molecular weight is 330 g/mol. The predicted molar refractivity (Wildman–Crippen MR) is 97.8 cm³/mol. The van der Waals surface area contributed by atoms with Crippen molar-refractivity contribution in [3.8, 4) is 0 Å². The maximum atomic E-state index is 5.33. The van der Waals surface area contributed by atoms with Crippen LogP contribution in [0.25, 0.3) is 16.3 Å². The SMILES string of the molecule is CCO/C=C/c1nc(C)nc2sc(C3CCC(C)(C)CC3)cc12. The zero-order valence-electron chi connectivity index (χ0n) is 14.6. The van der Waals surface area contributed by atoms with Crippen LogP contribution in [0.1, 0.15) is 68.8 Å². The van der Waals surface area contributed by atoms with Gasteiger partial charge in [0.1, 0.15) is 10.7 Å². The van der Waals surface area contributed by atoms with E-state index in [0.29, 0.717) is 17.9 Å². The molecule has 2 aromatic rings. The molecular weight excluding hydrogens is 304 g/mol. The number of nitrogens with zero attached hydrogens (tertiary/aromatic N) is 2. The largest absolute Gasteiger partial charge is 0.501 e. The fourth-order valence-corrected chi connectivity index (χ4v) is 4.55. The first-order chi connectivity index (χ1) is 11.0. The number of hydrogen-bond donors (Lipinski definition) is 0. The Morgan fingerprint density at radius 2 is 2.04 bits per heavy atom. The molecule has 0 aliphatic heterocycles. The zero-order valence-corrected chi connectivity index (χ0v) is 15.4. The van der Waals surface area contributed by atoms with Crippen molar-refractivity contribution < 1.29 is 4.74 Å². The minimum atomic E-state index is 0.509. The minimum Gasteiger partial charge on any atom is -0.501 e. The van der Waals surface area contributed by atoms with Crippen LogP contribution in [-0.2, 0) is 4.74 Å². The molecule has 0 radical (unpaired) electrons. The molecular formula is C19H26N2OS. The number of thiophene rings is 1. The van der Waals surface area contributed by atoms with E-state index in [2.05, 4.69) is 29.9 Å². The molecule has 124 valence electrons. The van der Waals surface area contributed by atoms with Crippen LogP contribution in [0.4, 0.5) is 0 Å². The fourth-order valence-electron chi connectivity index (χ4n) is 3.29. The fraction of sp³-hybridized carbons (Fsp3) is 0.579. The topological polar surface area (TPSA) is 35.0 Å². The molecule has 3 rings (SSSR count). The third-order valence-corrected chi connectivity index (χ3v) is 5.97. The summed E-state index contributed by atoms with van der Waals surface area (Å²) in [6.07, 6.45) is 8.90. The van der Waals surface area contributed by atoms with Crippen molar-refractivity contribution in [1.82, 2.24) is 9.97 Å². The second-order valence-electron chi connectivity index (χ2n) is 7.22. The monoisotopic (exact) mass is 330 g/mol. The summed E-state index contributed by atoms with van der Waals surface area (Å²) in [7, 11) is 0. The maximum Gasteiger partial charge on any atom is 0.127 e. The van der Waals surface area contributed by atoms with Gasteiger partial charge in [-0.25, -0.2) is 9.97 Å². The normalized spacial score (nSPS) is 18.8. The van der Waals surface area contributed by atoms with Crippen LogP contribution >= 0.6 is 11.3 Å². The predicted octanol–water partition coefficient (Wildman–Crippen LogP) is 5.69. The number of rotatable bonds is 4. The molecule has 2 aromatic heterocycles. The van der Waals surface area contributed by atoms with Crippen molar-refractivity contribution in [2.75, 3.05) is 6.61 Å². The van der Waals surface area contributed by atoms with Crippen molar-refractivity contribution in [3.63, 3.8) is 0 Å². The van der Waals surface area contributed by atoms with Gasteiger partial charge in [0, 0.05) is 10.3 Å². The van der Waals surface area contributed by atoms with Gasteiger partial charge < -0.3 is 4.74 Å². The zero-order chi connectivity index (χ0) is 16.4. The van der Waals surface area contributed by atoms with E-state index in [1.165, 1.54) is 30.6 Å². The molecule has 1 saturated carbocycles. The van der Waals surface area contributed by atoms with Gasteiger partial charge in [-0.1, -0.05) is 13.8 Å². The van der Waals surface area contributed by atoms with Crippen molar-refractivity contribution in [2.45, 2.75) is 59.3 Å². The van der Waals surface area contributed by atoms with Gasteiger partial charge in [-0.2, -0.15) is 0 Å². The first kappa shape index (κ1) is 16.4. The lowest BCUT2D eigenvalue weighted by Gasteiger charge is -2.33. The molecule has 0 saturated heterocycles. The van der Waals surface area contributed by atoms with Crippen LogP contribution in [-0.4, -0.2) is 16.6 Å². The quantitative estimate of drug-likeness (QED) is 0.675. The van der Waals surface area contributed by atoms with Crippen LogP contribution in [0.3, 0.4) is 0 Å². The molecule has 0 unspecified atom stereocenters. The summed E-state index contributed by atoms with van der Waals surface area (Å²) in [5.74, 6) is 1.51. The molecule has 0 aromatic carbocycles. The molecule has 2 heterocycles. The van der Waals surface area contributed by atoms with E-state index in [0.717, 1.165) is 21.7 Å². The smallest absolute Gasteiger partial charge is 0.127 e. The summed E-state index contributed by atoms with van der Waals surface area (Å²) < 4.78 is 5.33. The molecule has 4 heteroatoms. The molecule has 0 bridgehead atoms. The molecule has 0 amide bonds. The average Bonchev–Trinajstić information content (AvgIpc) is 2.91. The highest BCUT2D eigenvalue weighted by atomic mass is 32.1. The Hall–Kier alpha value is -1.42. The Bertz CT molecular complexity index is 707. The van der Waals surface area contributed by atoms with Crippen molar-refractivity contribution in [2.24, 2.45) is 5.41 Å². The Labute approximate surface area is 142 Å². The first-order valence-electron chi connectivity index (χ1n) is 8.55.